The molecule has 0 radical (unpaired) electrons. The molecule has 0 aliphatic heterocycles. The molecule has 0 unspecified atom stereocenters. The van der Waals surface area contributed by atoms with Crippen molar-refractivity contribution >= 4 is 50.5 Å². The molecule has 0 saturated heterocycles. The lowest BCUT2D eigenvalue weighted by molar-refractivity contribution is 1.24. The minimum atomic E-state index is 0.509. The molecular formula is C27H20N6S. The minimum Gasteiger partial charge on any atom is -0.360 e. The standard InChI is InChI=1S/C27H20N6S/c34-27(30-19-10-9-17-5-1-2-6-18(17)15-19)31-20-11-12-21-24(16-20)33-26(23-8-4-14-29-23)25(32-21)22-7-3-13-28-22/h1-16,28-29H,(H2,30,31,34). The van der Waals surface area contributed by atoms with Crippen LogP contribution < -0.4 is 10.6 Å². The summed E-state index contributed by atoms with van der Waals surface area (Å²) >= 11 is 5.56. The number of thiocarbonyl (C=S) groups is 1. The van der Waals surface area contributed by atoms with Gasteiger partial charge >= 0.3 is 0 Å². The van der Waals surface area contributed by atoms with Crippen LogP contribution in [0, 0.1) is 0 Å². The Labute approximate surface area is 201 Å². The van der Waals surface area contributed by atoms with Crippen LogP contribution in [0.2, 0.25) is 0 Å². The summed E-state index contributed by atoms with van der Waals surface area (Å²) in [5.74, 6) is 0. The molecule has 7 heteroatoms. The smallest absolute Gasteiger partial charge is 0.175 e. The molecule has 4 N–H and O–H groups in total. The number of benzene rings is 3. The Kier molecular flexibility index (Phi) is 5.01. The van der Waals surface area contributed by atoms with Gasteiger partial charge in [0, 0.05) is 23.8 Å². The molecule has 6 aromatic rings. The van der Waals surface area contributed by atoms with Crippen LogP contribution in [0.25, 0.3) is 44.6 Å². The number of nitrogens with zero attached hydrogens (tertiary/aromatic N) is 2. The summed E-state index contributed by atoms with van der Waals surface area (Å²) in [7, 11) is 0. The normalized spacial score (nSPS) is 11.1. The van der Waals surface area contributed by atoms with Crippen LogP contribution in [-0.2, 0) is 0 Å². The number of nitrogens with one attached hydrogen (secondary N) is 4. The highest BCUT2D eigenvalue weighted by Gasteiger charge is 2.15. The van der Waals surface area contributed by atoms with Crippen molar-refractivity contribution < 1.29 is 0 Å². The summed E-state index contributed by atoms with van der Waals surface area (Å²) in [5.41, 5.74) is 6.76. The van der Waals surface area contributed by atoms with Crippen molar-refractivity contribution in [3.05, 3.63) is 97.3 Å². The fourth-order valence-corrected chi connectivity index (χ4v) is 4.26. The van der Waals surface area contributed by atoms with Crippen LogP contribution in [0.1, 0.15) is 0 Å². The highest BCUT2D eigenvalue weighted by Crippen LogP contribution is 2.30. The molecule has 0 aliphatic rings. The van der Waals surface area contributed by atoms with Gasteiger partial charge in [-0.25, -0.2) is 9.97 Å². The molecule has 3 aromatic carbocycles. The molecule has 3 heterocycles. The van der Waals surface area contributed by atoms with Crippen LogP contribution in [0.15, 0.2) is 97.3 Å². The molecule has 0 bridgehead atoms. The van der Waals surface area contributed by atoms with E-state index in [2.05, 4.69) is 44.9 Å². The van der Waals surface area contributed by atoms with E-state index in [1.807, 2.05) is 73.1 Å². The third-order valence-corrected chi connectivity index (χ3v) is 5.84. The van der Waals surface area contributed by atoms with E-state index in [4.69, 9.17) is 22.2 Å². The Bertz CT molecular complexity index is 1620. The van der Waals surface area contributed by atoms with E-state index >= 15 is 0 Å². The Morgan fingerprint density at radius 2 is 1.24 bits per heavy atom. The highest BCUT2D eigenvalue weighted by atomic mass is 32.1. The number of fused-ring (bicyclic) bond motifs is 2. The Balaban J connectivity index is 1.30. The number of hydrogen-bond donors (Lipinski definition) is 4. The molecule has 6 nitrogen and oxygen atoms in total. The quantitative estimate of drug-likeness (QED) is 0.223. The SMILES string of the molecule is S=C(Nc1ccc2ccccc2c1)Nc1ccc2nc(-c3ccc[nH]3)c(-c3ccc[nH]3)nc2c1. The first-order chi connectivity index (χ1) is 16.7. The van der Waals surface area contributed by atoms with Gasteiger partial charge in [-0.2, -0.15) is 0 Å². The largest absolute Gasteiger partial charge is 0.360 e. The van der Waals surface area contributed by atoms with Crippen molar-refractivity contribution in [1.82, 2.24) is 19.9 Å². The molecule has 6 rings (SSSR count). The van der Waals surface area contributed by atoms with Crippen LogP contribution in [0.4, 0.5) is 11.4 Å². The molecule has 0 spiro atoms. The lowest BCUT2D eigenvalue weighted by Gasteiger charge is -2.13. The van der Waals surface area contributed by atoms with Crippen molar-refractivity contribution in [2.75, 3.05) is 10.6 Å². The third kappa shape index (κ3) is 3.89. The van der Waals surface area contributed by atoms with Gasteiger partial charge in [-0.05, 0) is 77.6 Å². The maximum atomic E-state index is 5.56. The van der Waals surface area contributed by atoms with Gasteiger partial charge in [0.2, 0.25) is 0 Å². The van der Waals surface area contributed by atoms with E-state index in [0.717, 1.165) is 50.6 Å². The number of anilines is 2. The second-order valence-electron chi connectivity index (χ2n) is 7.93. The predicted molar refractivity (Wildman–Crippen MR) is 143 cm³/mol. The predicted octanol–water partition coefficient (Wildman–Crippen LogP) is 6.58. The molecule has 0 aliphatic carbocycles. The first-order valence-electron chi connectivity index (χ1n) is 10.9. The van der Waals surface area contributed by atoms with Crippen LogP contribution in [-0.4, -0.2) is 25.0 Å². The van der Waals surface area contributed by atoms with Gasteiger partial charge < -0.3 is 20.6 Å². The van der Waals surface area contributed by atoms with E-state index in [0.29, 0.717) is 5.11 Å². The van der Waals surface area contributed by atoms with E-state index in [1.54, 1.807) is 0 Å². The van der Waals surface area contributed by atoms with Gasteiger partial charge in [-0.3, -0.25) is 0 Å². The number of hydrogen-bond acceptors (Lipinski definition) is 3. The zero-order valence-electron chi connectivity index (χ0n) is 18.0. The van der Waals surface area contributed by atoms with Gasteiger partial charge in [-0.1, -0.05) is 30.3 Å². The molecule has 0 saturated carbocycles. The molecule has 34 heavy (non-hydrogen) atoms. The zero-order chi connectivity index (χ0) is 22.9. The van der Waals surface area contributed by atoms with E-state index < -0.39 is 0 Å². The molecule has 3 aromatic heterocycles. The summed E-state index contributed by atoms with van der Waals surface area (Å²) < 4.78 is 0. The van der Waals surface area contributed by atoms with Crippen molar-refractivity contribution in [3.63, 3.8) is 0 Å². The van der Waals surface area contributed by atoms with Gasteiger partial charge in [-0.15, -0.1) is 0 Å². The summed E-state index contributed by atoms with van der Waals surface area (Å²) in [5, 5.41) is 9.39. The van der Waals surface area contributed by atoms with Crippen molar-refractivity contribution in [2.24, 2.45) is 0 Å². The second-order valence-corrected chi connectivity index (χ2v) is 8.34. The van der Waals surface area contributed by atoms with Gasteiger partial charge in [0.05, 0.1) is 22.4 Å². The highest BCUT2D eigenvalue weighted by molar-refractivity contribution is 7.80. The average molecular weight is 461 g/mol. The number of rotatable bonds is 4. The lowest BCUT2D eigenvalue weighted by atomic mass is 10.1. The van der Waals surface area contributed by atoms with Gasteiger partial charge in [0.15, 0.2) is 5.11 Å². The van der Waals surface area contributed by atoms with Gasteiger partial charge in [0.1, 0.15) is 11.4 Å². The Morgan fingerprint density at radius 3 is 1.91 bits per heavy atom. The fourth-order valence-electron chi connectivity index (χ4n) is 4.02. The van der Waals surface area contributed by atoms with Crippen molar-refractivity contribution in [2.45, 2.75) is 0 Å². The van der Waals surface area contributed by atoms with Crippen molar-refractivity contribution in [3.8, 4) is 22.8 Å². The fraction of sp³-hybridized carbons (Fsp3) is 0. The molecule has 0 atom stereocenters. The molecule has 164 valence electrons. The lowest BCUT2D eigenvalue weighted by Crippen LogP contribution is -2.19. The molecule has 0 fully saturated rings. The third-order valence-electron chi connectivity index (χ3n) is 5.64. The van der Waals surface area contributed by atoms with E-state index in [-0.39, 0.29) is 0 Å². The minimum absolute atomic E-state index is 0.509. The molecule has 0 amide bonds. The summed E-state index contributed by atoms with van der Waals surface area (Å²) in [6.07, 6.45) is 3.77. The maximum Gasteiger partial charge on any atom is 0.175 e. The Morgan fingerprint density at radius 1 is 0.618 bits per heavy atom. The van der Waals surface area contributed by atoms with Gasteiger partial charge in [0.25, 0.3) is 0 Å². The maximum absolute atomic E-state index is 5.56. The topological polar surface area (TPSA) is 81.4 Å². The molecular weight excluding hydrogens is 440 g/mol. The monoisotopic (exact) mass is 460 g/mol. The zero-order valence-corrected chi connectivity index (χ0v) is 18.9. The van der Waals surface area contributed by atoms with Crippen molar-refractivity contribution in [1.29, 1.82) is 0 Å². The van der Waals surface area contributed by atoms with E-state index in [9.17, 15) is 0 Å². The van der Waals surface area contributed by atoms with Crippen LogP contribution in [0.3, 0.4) is 0 Å². The first-order valence-corrected chi connectivity index (χ1v) is 11.3. The summed E-state index contributed by atoms with van der Waals surface area (Å²) in [6, 6.07) is 28.2. The second kappa shape index (κ2) is 8.46. The van der Waals surface area contributed by atoms with Crippen LogP contribution >= 0.6 is 12.2 Å². The van der Waals surface area contributed by atoms with E-state index in [1.165, 1.54) is 5.39 Å². The number of aromatic nitrogens is 4. The summed E-state index contributed by atoms with van der Waals surface area (Å²) in [6.45, 7) is 0. The average Bonchev–Trinajstić information content (AvgIpc) is 3.58. The number of H-pyrrole nitrogens is 2. The first kappa shape index (κ1) is 20.1. The summed E-state index contributed by atoms with van der Waals surface area (Å²) in [4.78, 5) is 16.3. The Hall–Kier alpha value is -4.49. The van der Waals surface area contributed by atoms with Crippen LogP contribution in [0.5, 0.6) is 0 Å². The number of aromatic amines is 2.